The molecule has 2 atom stereocenters. The largest absolute Gasteiger partial charge is 0.464 e. The van der Waals surface area contributed by atoms with Crippen molar-refractivity contribution in [2.45, 2.75) is 45.2 Å². The summed E-state index contributed by atoms with van der Waals surface area (Å²) in [6.07, 6.45) is 2.62. The Balaban J connectivity index is 1.98. The molecule has 0 N–H and O–H groups in total. The molecule has 0 aliphatic carbocycles. The van der Waals surface area contributed by atoms with Crippen molar-refractivity contribution >= 4 is 23.2 Å². The Morgan fingerprint density at radius 2 is 2.26 bits per heavy atom. The number of nitrogens with zero attached hydrogens (tertiary/aromatic N) is 2. The van der Waals surface area contributed by atoms with E-state index in [1.165, 1.54) is 4.88 Å². The zero-order valence-corrected chi connectivity index (χ0v) is 15.0. The average Bonchev–Trinajstić information content (AvgIpc) is 3.08. The van der Waals surface area contributed by atoms with Crippen LogP contribution in [0.5, 0.6) is 0 Å². The molecule has 1 aromatic heterocycles. The SMILES string of the molecule is CCOC(=O)C1CCCCN1C(=O)CN(C)C(C)c1cccs1. The number of thiophene rings is 1. The average molecular weight is 338 g/mol. The van der Waals surface area contributed by atoms with Crippen molar-refractivity contribution in [3.05, 3.63) is 22.4 Å². The lowest BCUT2D eigenvalue weighted by molar-refractivity contribution is -0.157. The van der Waals surface area contributed by atoms with Crippen LogP contribution in [0.3, 0.4) is 0 Å². The molecule has 1 aliphatic heterocycles. The number of hydrogen-bond acceptors (Lipinski definition) is 5. The first-order chi connectivity index (χ1) is 11.0. The van der Waals surface area contributed by atoms with Crippen molar-refractivity contribution in [2.24, 2.45) is 0 Å². The zero-order valence-electron chi connectivity index (χ0n) is 14.2. The number of carbonyl (C=O) groups is 2. The molecule has 0 saturated carbocycles. The zero-order chi connectivity index (χ0) is 16.8. The maximum Gasteiger partial charge on any atom is 0.328 e. The summed E-state index contributed by atoms with van der Waals surface area (Å²) in [6.45, 7) is 5.20. The molecule has 2 heterocycles. The molecular weight excluding hydrogens is 312 g/mol. The fourth-order valence-electron chi connectivity index (χ4n) is 2.90. The van der Waals surface area contributed by atoms with Gasteiger partial charge in [-0.2, -0.15) is 0 Å². The number of likely N-dealkylation sites (tertiary alicyclic amines) is 1. The highest BCUT2D eigenvalue weighted by atomic mass is 32.1. The predicted molar refractivity (Wildman–Crippen MR) is 91.3 cm³/mol. The van der Waals surface area contributed by atoms with E-state index in [0.717, 1.165) is 12.8 Å². The minimum absolute atomic E-state index is 0.00802. The highest BCUT2D eigenvalue weighted by Gasteiger charge is 2.33. The monoisotopic (exact) mass is 338 g/mol. The van der Waals surface area contributed by atoms with Crippen LogP contribution in [0, 0.1) is 0 Å². The van der Waals surface area contributed by atoms with Crippen molar-refractivity contribution in [1.29, 1.82) is 0 Å². The third-order valence-electron chi connectivity index (χ3n) is 4.38. The Morgan fingerprint density at radius 3 is 2.91 bits per heavy atom. The quantitative estimate of drug-likeness (QED) is 0.748. The van der Waals surface area contributed by atoms with Gasteiger partial charge in [0.15, 0.2) is 0 Å². The molecule has 128 valence electrons. The van der Waals surface area contributed by atoms with Crippen LogP contribution in [0.15, 0.2) is 17.5 Å². The molecule has 0 spiro atoms. The Labute approximate surface area is 142 Å². The fraction of sp³-hybridized carbons (Fsp3) is 0.647. The van der Waals surface area contributed by atoms with E-state index in [4.69, 9.17) is 4.74 Å². The Bertz CT molecular complexity index is 518. The second kappa shape index (κ2) is 8.45. The highest BCUT2D eigenvalue weighted by Crippen LogP contribution is 2.24. The van der Waals surface area contributed by atoms with Crippen LogP contribution in [0.25, 0.3) is 0 Å². The standard InChI is InChI=1S/C17H26N2O3S/c1-4-22-17(21)14-8-5-6-10-19(14)16(20)12-18(3)13(2)15-9-7-11-23-15/h7,9,11,13-14H,4-6,8,10,12H2,1-3H3. The molecule has 5 nitrogen and oxygen atoms in total. The topological polar surface area (TPSA) is 49.9 Å². The summed E-state index contributed by atoms with van der Waals surface area (Å²) in [6, 6.07) is 3.87. The summed E-state index contributed by atoms with van der Waals surface area (Å²) < 4.78 is 5.13. The predicted octanol–water partition coefficient (Wildman–Crippen LogP) is 2.69. The molecule has 2 rings (SSSR count). The van der Waals surface area contributed by atoms with Crippen molar-refractivity contribution in [2.75, 3.05) is 26.7 Å². The van der Waals surface area contributed by atoms with E-state index in [1.54, 1.807) is 23.2 Å². The van der Waals surface area contributed by atoms with E-state index in [2.05, 4.69) is 13.0 Å². The van der Waals surface area contributed by atoms with Gasteiger partial charge < -0.3 is 9.64 Å². The number of piperidine rings is 1. The van der Waals surface area contributed by atoms with Gasteiger partial charge in [-0.25, -0.2) is 4.79 Å². The maximum atomic E-state index is 12.7. The summed E-state index contributed by atoms with van der Waals surface area (Å²) in [5.41, 5.74) is 0. The van der Waals surface area contributed by atoms with Crippen LogP contribution in [0.1, 0.15) is 44.0 Å². The number of amides is 1. The molecule has 0 bridgehead atoms. The van der Waals surface area contributed by atoms with Gasteiger partial charge in [0.1, 0.15) is 6.04 Å². The lowest BCUT2D eigenvalue weighted by atomic mass is 10.0. The van der Waals surface area contributed by atoms with Crippen molar-refractivity contribution in [1.82, 2.24) is 9.80 Å². The Kier molecular flexibility index (Phi) is 6.59. The molecule has 6 heteroatoms. The van der Waals surface area contributed by atoms with Crippen molar-refractivity contribution in [3.63, 3.8) is 0 Å². The first-order valence-electron chi connectivity index (χ1n) is 8.24. The molecule has 1 amide bonds. The van der Waals surface area contributed by atoms with Gasteiger partial charge in [0.05, 0.1) is 13.2 Å². The molecule has 1 fully saturated rings. The number of likely N-dealkylation sites (N-methyl/N-ethyl adjacent to an activating group) is 1. The highest BCUT2D eigenvalue weighted by molar-refractivity contribution is 7.10. The van der Waals surface area contributed by atoms with Gasteiger partial charge in [-0.1, -0.05) is 6.07 Å². The minimum Gasteiger partial charge on any atom is -0.464 e. The van der Waals surface area contributed by atoms with Crippen LogP contribution >= 0.6 is 11.3 Å². The second-order valence-corrected chi connectivity index (χ2v) is 6.94. The van der Waals surface area contributed by atoms with Gasteiger partial charge in [-0.15, -0.1) is 11.3 Å². The lowest BCUT2D eigenvalue weighted by Crippen LogP contribution is -2.51. The van der Waals surface area contributed by atoms with E-state index >= 15 is 0 Å². The molecule has 1 aliphatic rings. The molecule has 23 heavy (non-hydrogen) atoms. The number of ether oxygens (including phenoxy) is 1. The molecular formula is C17H26N2O3S. The lowest BCUT2D eigenvalue weighted by Gasteiger charge is -2.35. The minimum atomic E-state index is -0.415. The first kappa shape index (κ1) is 17.9. The summed E-state index contributed by atoms with van der Waals surface area (Å²) in [7, 11) is 1.95. The van der Waals surface area contributed by atoms with E-state index < -0.39 is 6.04 Å². The van der Waals surface area contributed by atoms with E-state index in [1.807, 2.05) is 23.4 Å². The van der Waals surface area contributed by atoms with E-state index in [0.29, 0.717) is 26.1 Å². The first-order valence-corrected chi connectivity index (χ1v) is 9.12. The molecule has 0 aromatic carbocycles. The second-order valence-electron chi connectivity index (χ2n) is 5.96. The third-order valence-corrected chi connectivity index (χ3v) is 5.43. The fourth-order valence-corrected chi connectivity index (χ4v) is 3.75. The van der Waals surface area contributed by atoms with E-state index in [9.17, 15) is 9.59 Å². The molecule has 0 radical (unpaired) electrons. The van der Waals surface area contributed by atoms with Crippen molar-refractivity contribution < 1.29 is 14.3 Å². The van der Waals surface area contributed by atoms with Gasteiger partial charge in [-0.05, 0) is 51.6 Å². The van der Waals surface area contributed by atoms with Crippen LogP contribution in [0.4, 0.5) is 0 Å². The van der Waals surface area contributed by atoms with Crippen LogP contribution in [0.2, 0.25) is 0 Å². The van der Waals surface area contributed by atoms with Gasteiger partial charge in [0, 0.05) is 17.5 Å². The van der Waals surface area contributed by atoms with Crippen LogP contribution < -0.4 is 0 Å². The van der Waals surface area contributed by atoms with Crippen LogP contribution in [-0.4, -0.2) is 54.5 Å². The van der Waals surface area contributed by atoms with Gasteiger partial charge in [0.2, 0.25) is 5.91 Å². The third kappa shape index (κ3) is 4.54. The Morgan fingerprint density at radius 1 is 1.48 bits per heavy atom. The molecule has 2 unspecified atom stereocenters. The number of carbonyl (C=O) groups excluding carboxylic acids is 2. The molecule has 1 aromatic rings. The number of hydrogen-bond donors (Lipinski definition) is 0. The normalized spacial score (nSPS) is 19.7. The van der Waals surface area contributed by atoms with Gasteiger partial charge in [-0.3, -0.25) is 9.69 Å². The summed E-state index contributed by atoms with van der Waals surface area (Å²) in [4.78, 5) is 29.8. The van der Waals surface area contributed by atoms with Crippen LogP contribution in [-0.2, 0) is 14.3 Å². The summed E-state index contributed by atoms with van der Waals surface area (Å²) in [5, 5.41) is 2.04. The number of esters is 1. The summed E-state index contributed by atoms with van der Waals surface area (Å²) >= 11 is 1.69. The van der Waals surface area contributed by atoms with Crippen molar-refractivity contribution in [3.8, 4) is 0 Å². The van der Waals surface area contributed by atoms with E-state index in [-0.39, 0.29) is 17.9 Å². The molecule has 1 saturated heterocycles. The smallest absolute Gasteiger partial charge is 0.328 e. The van der Waals surface area contributed by atoms with Gasteiger partial charge in [0.25, 0.3) is 0 Å². The number of rotatable bonds is 6. The summed E-state index contributed by atoms with van der Waals surface area (Å²) in [5.74, 6) is -0.261. The Hall–Kier alpha value is -1.40. The van der Waals surface area contributed by atoms with Gasteiger partial charge >= 0.3 is 5.97 Å². The maximum absolute atomic E-state index is 12.7.